The molecule has 2 nitrogen and oxygen atoms in total. The maximum atomic E-state index is 13.4. The minimum atomic E-state index is -0.181. The molecule has 0 aromatic heterocycles. The number of halogens is 2. The summed E-state index contributed by atoms with van der Waals surface area (Å²) in [4.78, 5) is 4.46. The van der Waals surface area contributed by atoms with Gasteiger partial charge < -0.3 is 4.90 Å². The monoisotopic (exact) mass is 304 g/mol. The molecule has 1 aliphatic heterocycles. The number of hydrogen-bond acceptors (Lipinski definition) is 2. The number of fused-ring (bicyclic) bond motifs is 1. The van der Waals surface area contributed by atoms with Gasteiger partial charge in [0.1, 0.15) is 5.82 Å². The first-order valence-corrected chi connectivity index (χ1v) is 7.41. The molecule has 4 heteroatoms. The highest BCUT2D eigenvalue weighted by Gasteiger charge is 2.24. The number of benzene rings is 2. The molecule has 110 valence electrons. The van der Waals surface area contributed by atoms with E-state index in [1.165, 1.54) is 11.6 Å². The number of hydrogen-bond donors (Lipinski definition) is 0. The molecule has 0 spiro atoms. The van der Waals surface area contributed by atoms with Crippen molar-refractivity contribution in [3.63, 3.8) is 0 Å². The second kappa shape index (κ2) is 5.66. The van der Waals surface area contributed by atoms with Crippen LogP contribution in [0.15, 0.2) is 42.5 Å². The molecule has 1 aliphatic rings. The van der Waals surface area contributed by atoms with Crippen molar-refractivity contribution in [2.24, 2.45) is 0 Å². The molecule has 1 atom stereocenters. The van der Waals surface area contributed by atoms with Crippen molar-refractivity contribution in [1.82, 2.24) is 4.90 Å². The molecular formula is C17H18ClFN2. The van der Waals surface area contributed by atoms with Gasteiger partial charge in [0.05, 0.1) is 6.67 Å². The summed E-state index contributed by atoms with van der Waals surface area (Å²) < 4.78 is 13.4. The van der Waals surface area contributed by atoms with Crippen LogP contribution in [0.25, 0.3) is 0 Å². The lowest BCUT2D eigenvalue weighted by Gasteiger charge is -2.39. The van der Waals surface area contributed by atoms with Gasteiger partial charge in [-0.3, -0.25) is 4.90 Å². The van der Waals surface area contributed by atoms with E-state index in [0.29, 0.717) is 0 Å². The summed E-state index contributed by atoms with van der Waals surface area (Å²) in [6.07, 6.45) is 0. The summed E-state index contributed by atoms with van der Waals surface area (Å²) in [5.74, 6) is -0.181. The van der Waals surface area contributed by atoms with Gasteiger partial charge in [0, 0.05) is 30.3 Å². The van der Waals surface area contributed by atoms with E-state index >= 15 is 0 Å². The van der Waals surface area contributed by atoms with E-state index in [4.69, 9.17) is 11.6 Å². The third kappa shape index (κ3) is 2.89. The van der Waals surface area contributed by atoms with Crippen LogP contribution in [0, 0.1) is 5.82 Å². The summed E-state index contributed by atoms with van der Waals surface area (Å²) in [5, 5.41) is 0.752. The minimum Gasteiger partial charge on any atom is -0.361 e. The van der Waals surface area contributed by atoms with Crippen LogP contribution >= 0.6 is 11.6 Å². The van der Waals surface area contributed by atoms with Crippen molar-refractivity contribution in [3.05, 3.63) is 64.4 Å². The van der Waals surface area contributed by atoms with Crippen molar-refractivity contribution in [2.75, 3.05) is 18.6 Å². The predicted molar refractivity (Wildman–Crippen MR) is 85.1 cm³/mol. The van der Waals surface area contributed by atoms with E-state index in [1.54, 1.807) is 6.07 Å². The average molecular weight is 305 g/mol. The summed E-state index contributed by atoms with van der Waals surface area (Å²) in [6.45, 7) is 3.79. The van der Waals surface area contributed by atoms with E-state index in [9.17, 15) is 4.39 Å². The Bertz CT molecular complexity index is 642. The molecule has 2 aromatic rings. The number of nitrogens with zero attached hydrogens (tertiary/aromatic N) is 2. The van der Waals surface area contributed by atoms with Crippen LogP contribution in [-0.2, 0) is 6.54 Å². The molecule has 0 aliphatic carbocycles. The maximum absolute atomic E-state index is 13.4. The molecule has 0 radical (unpaired) electrons. The minimum absolute atomic E-state index is 0.181. The molecule has 0 unspecified atom stereocenters. The Labute approximate surface area is 129 Å². The van der Waals surface area contributed by atoms with Gasteiger partial charge in [-0.05, 0) is 42.3 Å². The van der Waals surface area contributed by atoms with E-state index in [2.05, 4.69) is 28.9 Å². The summed E-state index contributed by atoms with van der Waals surface area (Å²) in [5.41, 5.74) is 3.37. The first kappa shape index (κ1) is 14.4. The predicted octanol–water partition coefficient (Wildman–Crippen LogP) is 4.45. The van der Waals surface area contributed by atoms with Gasteiger partial charge in [0.2, 0.25) is 0 Å². The zero-order valence-electron chi connectivity index (χ0n) is 12.2. The van der Waals surface area contributed by atoms with E-state index in [0.717, 1.165) is 29.5 Å². The molecule has 21 heavy (non-hydrogen) atoms. The van der Waals surface area contributed by atoms with Gasteiger partial charge >= 0.3 is 0 Å². The number of anilines is 1. The lowest BCUT2D eigenvalue weighted by atomic mass is 10.0. The quantitative estimate of drug-likeness (QED) is 0.809. The van der Waals surface area contributed by atoms with Crippen LogP contribution in [-0.4, -0.2) is 18.6 Å². The van der Waals surface area contributed by atoms with Crippen molar-refractivity contribution in [1.29, 1.82) is 0 Å². The Balaban J connectivity index is 1.85. The van der Waals surface area contributed by atoms with Gasteiger partial charge in [0.25, 0.3) is 0 Å². The van der Waals surface area contributed by atoms with Gasteiger partial charge in [-0.1, -0.05) is 29.8 Å². The number of rotatable bonds is 2. The van der Waals surface area contributed by atoms with Crippen LogP contribution in [0.4, 0.5) is 10.1 Å². The molecule has 2 aromatic carbocycles. The SMILES string of the molecule is C[C@@H](c1ccc(Cl)cc1)N1Cc2ccc(F)cc2N(C)C1. The van der Waals surface area contributed by atoms with Crippen molar-refractivity contribution < 1.29 is 4.39 Å². The fourth-order valence-electron chi connectivity index (χ4n) is 2.86. The van der Waals surface area contributed by atoms with Crippen LogP contribution in [0.2, 0.25) is 5.02 Å². The fraction of sp³-hybridized carbons (Fsp3) is 0.294. The average Bonchev–Trinajstić information content (AvgIpc) is 2.48. The fourth-order valence-corrected chi connectivity index (χ4v) is 2.98. The van der Waals surface area contributed by atoms with Crippen molar-refractivity contribution in [3.8, 4) is 0 Å². The Kier molecular flexibility index (Phi) is 3.87. The van der Waals surface area contributed by atoms with Gasteiger partial charge in [-0.15, -0.1) is 0 Å². The Morgan fingerprint density at radius 2 is 1.86 bits per heavy atom. The van der Waals surface area contributed by atoms with Crippen LogP contribution in [0.3, 0.4) is 0 Å². The van der Waals surface area contributed by atoms with Crippen LogP contribution < -0.4 is 4.90 Å². The Morgan fingerprint density at radius 1 is 1.14 bits per heavy atom. The van der Waals surface area contributed by atoms with Crippen molar-refractivity contribution >= 4 is 17.3 Å². The van der Waals surface area contributed by atoms with E-state index in [-0.39, 0.29) is 11.9 Å². The molecule has 0 bridgehead atoms. The highest BCUT2D eigenvalue weighted by Crippen LogP contribution is 2.32. The maximum Gasteiger partial charge on any atom is 0.125 e. The largest absolute Gasteiger partial charge is 0.361 e. The smallest absolute Gasteiger partial charge is 0.125 e. The third-order valence-electron chi connectivity index (χ3n) is 4.13. The highest BCUT2D eigenvalue weighted by atomic mass is 35.5. The zero-order chi connectivity index (χ0) is 15.0. The zero-order valence-corrected chi connectivity index (χ0v) is 12.9. The molecule has 0 amide bonds. The standard InChI is InChI=1S/C17H18ClFN2/c1-12(13-3-6-15(18)7-4-13)21-10-14-5-8-16(19)9-17(14)20(2)11-21/h3-9,12H,10-11H2,1-2H3/t12-/m0/s1. The lowest BCUT2D eigenvalue weighted by molar-refractivity contribution is 0.194. The van der Waals surface area contributed by atoms with Gasteiger partial charge in [0.15, 0.2) is 0 Å². The first-order valence-electron chi connectivity index (χ1n) is 7.03. The molecule has 0 saturated carbocycles. The first-order chi connectivity index (χ1) is 10.0. The normalized spacial score (nSPS) is 16.7. The topological polar surface area (TPSA) is 6.48 Å². The molecule has 0 saturated heterocycles. The molecule has 0 fully saturated rings. The summed E-state index contributed by atoms with van der Waals surface area (Å²) in [7, 11) is 2.00. The third-order valence-corrected chi connectivity index (χ3v) is 4.38. The van der Waals surface area contributed by atoms with Crippen LogP contribution in [0.1, 0.15) is 24.1 Å². The van der Waals surface area contributed by atoms with Crippen LogP contribution in [0.5, 0.6) is 0 Å². The van der Waals surface area contributed by atoms with E-state index in [1.807, 2.05) is 25.2 Å². The van der Waals surface area contributed by atoms with Crippen molar-refractivity contribution in [2.45, 2.75) is 19.5 Å². The molecule has 1 heterocycles. The second-order valence-corrected chi connectivity index (χ2v) is 6.02. The second-order valence-electron chi connectivity index (χ2n) is 5.59. The van der Waals surface area contributed by atoms with Gasteiger partial charge in [-0.25, -0.2) is 4.39 Å². The Morgan fingerprint density at radius 3 is 2.57 bits per heavy atom. The summed E-state index contributed by atoms with van der Waals surface area (Å²) in [6, 6.07) is 13.3. The molecule has 3 rings (SSSR count). The van der Waals surface area contributed by atoms with E-state index < -0.39 is 0 Å². The van der Waals surface area contributed by atoms with Gasteiger partial charge in [-0.2, -0.15) is 0 Å². The molecular weight excluding hydrogens is 287 g/mol. The highest BCUT2D eigenvalue weighted by molar-refractivity contribution is 6.30. The molecule has 0 N–H and O–H groups in total. The summed E-state index contributed by atoms with van der Waals surface area (Å²) >= 11 is 5.95. The Hall–Kier alpha value is -1.58. The lowest BCUT2D eigenvalue weighted by Crippen LogP contribution is -2.41.